The van der Waals surface area contributed by atoms with Crippen molar-refractivity contribution in [3.8, 4) is 11.5 Å². The lowest BCUT2D eigenvalue weighted by Crippen LogP contribution is -2.31. The van der Waals surface area contributed by atoms with Gasteiger partial charge < -0.3 is 14.8 Å². The molecule has 0 aliphatic rings. The first-order valence-corrected chi connectivity index (χ1v) is 9.64. The Hall–Kier alpha value is -2.60. The summed E-state index contributed by atoms with van der Waals surface area (Å²) < 4.78 is 11.5. The topological polar surface area (TPSA) is 54.9 Å². The summed E-state index contributed by atoms with van der Waals surface area (Å²) in [6, 6.07) is 15.8. The van der Waals surface area contributed by atoms with E-state index in [1.54, 1.807) is 6.21 Å². The Balaban J connectivity index is 1.87. The largest absolute Gasteiger partial charge is 0.490 e. The van der Waals surface area contributed by atoms with Crippen LogP contribution in [0.5, 0.6) is 11.5 Å². The van der Waals surface area contributed by atoms with E-state index in [0.717, 1.165) is 35.5 Å². The van der Waals surface area contributed by atoms with Gasteiger partial charge in [0, 0.05) is 6.54 Å². The standard InChI is InChI=1S/C21H27N3O2S/c1-3-5-13-26-19-12-11-18(14-20(19)25-4-2)16-23-24-21(27)22-15-17-9-7-6-8-10-17/h6-12,14,16H,3-5,13,15H2,1-2H3,(H2,22,24,27)/b23-16+. The summed E-state index contributed by atoms with van der Waals surface area (Å²) in [5, 5.41) is 7.77. The van der Waals surface area contributed by atoms with Crippen LogP contribution in [-0.2, 0) is 6.54 Å². The van der Waals surface area contributed by atoms with Crippen molar-refractivity contribution < 1.29 is 9.47 Å². The van der Waals surface area contributed by atoms with Gasteiger partial charge in [0.1, 0.15) is 0 Å². The maximum absolute atomic E-state index is 5.79. The molecule has 2 aromatic carbocycles. The quantitative estimate of drug-likeness (QED) is 0.277. The van der Waals surface area contributed by atoms with Crippen molar-refractivity contribution in [1.82, 2.24) is 10.7 Å². The number of hydrazone groups is 1. The van der Waals surface area contributed by atoms with Crippen LogP contribution in [0.15, 0.2) is 53.6 Å². The summed E-state index contributed by atoms with van der Waals surface area (Å²) in [6.45, 7) is 6.01. The molecular formula is C21H27N3O2S. The molecule has 2 rings (SSSR count). The summed E-state index contributed by atoms with van der Waals surface area (Å²) >= 11 is 5.24. The molecule has 2 aromatic rings. The number of unbranched alkanes of at least 4 members (excludes halogenated alkanes) is 1. The predicted octanol–water partition coefficient (Wildman–Crippen LogP) is 4.26. The van der Waals surface area contributed by atoms with Gasteiger partial charge in [-0.15, -0.1) is 0 Å². The van der Waals surface area contributed by atoms with Crippen LogP contribution >= 0.6 is 12.2 Å². The number of ether oxygens (including phenoxy) is 2. The molecule has 5 nitrogen and oxygen atoms in total. The van der Waals surface area contributed by atoms with Gasteiger partial charge in [-0.3, -0.25) is 5.43 Å². The van der Waals surface area contributed by atoms with Gasteiger partial charge in [-0.1, -0.05) is 43.7 Å². The van der Waals surface area contributed by atoms with Gasteiger partial charge in [0.05, 0.1) is 19.4 Å². The number of hydrogen-bond acceptors (Lipinski definition) is 4. The third kappa shape index (κ3) is 7.66. The fourth-order valence-electron chi connectivity index (χ4n) is 2.30. The highest BCUT2D eigenvalue weighted by Crippen LogP contribution is 2.28. The molecular weight excluding hydrogens is 358 g/mol. The van der Waals surface area contributed by atoms with E-state index in [4.69, 9.17) is 21.7 Å². The van der Waals surface area contributed by atoms with Crippen molar-refractivity contribution in [3.63, 3.8) is 0 Å². The highest BCUT2D eigenvalue weighted by atomic mass is 32.1. The van der Waals surface area contributed by atoms with Gasteiger partial charge in [0.2, 0.25) is 0 Å². The van der Waals surface area contributed by atoms with E-state index >= 15 is 0 Å². The molecule has 0 heterocycles. The van der Waals surface area contributed by atoms with Gasteiger partial charge in [-0.05, 0) is 54.9 Å². The van der Waals surface area contributed by atoms with Gasteiger partial charge >= 0.3 is 0 Å². The monoisotopic (exact) mass is 385 g/mol. The van der Waals surface area contributed by atoms with Crippen LogP contribution in [0.1, 0.15) is 37.8 Å². The van der Waals surface area contributed by atoms with E-state index in [2.05, 4.69) is 22.8 Å². The van der Waals surface area contributed by atoms with Crippen molar-refractivity contribution in [2.75, 3.05) is 13.2 Å². The van der Waals surface area contributed by atoms with Crippen LogP contribution in [0.25, 0.3) is 0 Å². The first kappa shape index (κ1) is 20.7. The number of rotatable bonds is 10. The fraction of sp³-hybridized carbons (Fsp3) is 0.333. The number of nitrogens with zero attached hydrogens (tertiary/aromatic N) is 1. The molecule has 0 saturated heterocycles. The van der Waals surface area contributed by atoms with E-state index < -0.39 is 0 Å². The van der Waals surface area contributed by atoms with E-state index in [0.29, 0.717) is 24.9 Å². The minimum Gasteiger partial charge on any atom is -0.490 e. The zero-order valence-electron chi connectivity index (χ0n) is 15.9. The summed E-state index contributed by atoms with van der Waals surface area (Å²) in [6.07, 6.45) is 3.82. The zero-order valence-corrected chi connectivity index (χ0v) is 16.7. The third-order valence-electron chi connectivity index (χ3n) is 3.70. The smallest absolute Gasteiger partial charge is 0.187 e. The Morgan fingerprint density at radius 3 is 2.63 bits per heavy atom. The molecule has 0 fully saturated rings. The molecule has 0 aliphatic heterocycles. The van der Waals surface area contributed by atoms with E-state index in [1.165, 1.54) is 0 Å². The van der Waals surface area contributed by atoms with E-state index in [1.807, 2.05) is 55.5 Å². The predicted molar refractivity (Wildman–Crippen MR) is 115 cm³/mol. The number of hydrogen-bond donors (Lipinski definition) is 2. The van der Waals surface area contributed by atoms with Crippen molar-refractivity contribution in [1.29, 1.82) is 0 Å². The van der Waals surface area contributed by atoms with Crippen molar-refractivity contribution in [2.24, 2.45) is 5.10 Å². The van der Waals surface area contributed by atoms with Crippen LogP contribution in [-0.4, -0.2) is 24.5 Å². The molecule has 0 amide bonds. The molecule has 0 aromatic heterocycles. The summed E-state index contributed by atoms with van der Waals surface area (Å²) in [5.74, 6) is 1.48. The summed E-state index contributed by atoms with van der Waals surface area (Å²) in [4.78, 5) is 0. The van der Waals surface area contributed by atoms with Gasteiger partial charge in [0.15, 0.2) is 16.6 Å². The number of nitrogens with one attached hydrogen (secondary N) is 2. The fourth-order valence-corrected chi connectivity index (χ4v) is 2.43. The normalized spacial score (nSPS) is 10.6. The van der Waals surface area contributed by atoms with Crippen LogP contribution < -0.4 is 20.2 Å². The second-order valence-electron chi connectivity index (χ2n) is 5.88. The lowest BCUT2D eigenvalue weighted by Gasteiger charge is -2.12. The SMILES string of the molecule is CCCCOc1ccc(/C=N/NC(=S)NCc2ccccc2)cc1OCC. The van der Waals surface area contributed by atoms with Crippen molar-refractivity contribution in [3.05, 3.63) is 59.7 Å². The Morgan fingerprint density at radius 2 is 1.89 bits per heavy atom. The van der Waals surface area contributed by atoms with E-state index in [9.17, 15) is 0 Å². The number of benzene rings is 2. The third-order valence-corrected chi connectivity index (χ3v) is 3.93. The van der Waals surface area contributed by atoms with Gasteiger partial charge in [0.25, 0.3) is 0 Å². The maximum Gasteiger partial charge on any atom is 0.187 e. The molecule has 2 N–H and O–H groups in total. The molecule has 0 bridgehead atoms. The van der Waals surface area contributed by atoms with Crippen LogP contribution in [0.2, 0.25) is 0 Å². The lowest BCUT2D eigenvalue weighted by molar-refractivity contribution is 0.272. The summed E-state index contributed by atoms with van der Waals surface area (Å²) in [7, 11) is 0. The Bertz CT molecular complexity index is 735. The molecule has 0 radical (unpaired) electrons. The zero-order chi connectivity index (χ0) is 19.3. The summed E-state index contributed by atoms with van der Waals surface area (Å²) in [5.41, 5.74) is 4.89. The molecule has 27 heavy (non-hydrogen) atoms. The lowest BCUT2D eigenvalue weighted by atomic mass is 10.2. The average Bonchev–Trinajstić information content (AvgIpc) is 2.69. The first-order valence-electron chi connectivity index (χ1n) is 9.23. The van der Waals surface area contributed by atoms with Crippen LogP contribution in [0.3, 0.4) is 0 Å². The van der Waals surface area contributed by atoms with Crippen LogP contribution in [0, 0.1) is 0 Å². The number of thiocarbonyl (C=S) groups is 1. The minimum absolute atomic E-state index is 0.472. The van der Waals surface area contributed by atoms with Gasteiger partial charge in [-0.25, -0.2) is 0 Å². The molecule has 0 saturated carbocycles. The van der Waals surface area contributed by atoms with Crippen molar-refractivity contribution >= 4 is 23.5 Å². The molecule has 0 unspecified atom stereocenters. The van der Waals surface area contributed by atoms with Crippen molar-refractivity contribution in [2.45, 2.75) is 33.2 Å². The Labute approximate surface area is 166 Å². The highest BCUT2D eigenvalue weighted by Gasteiger charge is 2.05. The average molecular weight is 386 g/mol. The molecule has 144 valence electrons. The Kier molecular flexibility index (Phi) is 9.13. The molecule has 0 atom stereocenters. The maximum atomic E-state index is 5.79. The van der Waals surface area contributed by atoms with Crippen LogP contribution in [0.4, 0.5) is 0 Å². The molecule has 6 heteroatoms. The second kappa shape index (κ2) is 11.9. The highest BCUT2D eigenvalue weighted by molar-refractivity contribution is 7.80. The second-order valence-corrected chi connectivity index (χ2v) is 6.29. The molecule has 0 spiro atoms. The molecule has 0 aliphatic carbocycles. The Morgan fingerprint density at radius 1 is 1.07 bits per heavy atom. The first-order chi connectivity index (χ1) is 13.2. The minimum atomic E-state index is 0.472. The van der Waals surface area contributed by atoms with E-state index in [-0.39, 0.29) is 0 Å². The van der Waals surface area contributed by atoms with Gasteiger partial charge in [-0.2, -0.15) is 5.10 Å².